The zero-order chi connectivity index (χ0) is 19.0. The van der Waals surface area contributed by atoms with Gasteiger partial charge in [-0.1, -0.05) is 81.0 Å². The molecule has 2 aromatic heterocycles. The van der Waals surface area contributed by atoms with Gasteiger partial charge in [0.25, 0.3) is 5.89 Å². The van der Waals surface area contributed by atoms with Gasteiger partial charge >= 0.3 is 0 Å². The molecular weight excluding hydrogens is 432 g/mol. The number of aromatic nitrogens is 3. The Hall–Kier alpha value is -2.05. The smallest absolute Gasteiger partial charge is 0.260 e. The maximum absolute atomic E-state index is 6.33. The highest BCUT2D eigenvalue weighted by Gasteiger charge is 2.18. The molecule has 2 aromatic carbocycles. The molecule has 0 amide bonds. The zero-order valence-electron chi connectivity index (χ0n) is 13.4. The molecule has 0 radical (unpaired) electrons. The van der Waals surface area contributed by atoms with Crippen molar-refractivity contribution >= 4 is 46.4 Å². The lowest BCUT2D eigenvalue weighted by atomic mass is 10.0. The molecule has 0 aliphatic rings. The molecule has 136 valence electrons. The van der Waals surface area contributed by atoms with Gasteiger partial charge in [-0.05, 0) is 18.2 Å². The van der Waals surface area contributed by atoms with E-state index in [4.69, 9.17) is 55.4 Å². The van der Waals surface area contributed by atoms with Crippen molar-refractivity contribution in [3.8, 4) is 33.8 Å². The Labute approximate surface area is 173 Å². The van der Waals surface area contributed by atoms with Crippen LogP contribution in [0, 0.1) is 0 Å². The lowest BCUT2D eigenvalue weighted by Gasteiger charge is -2.05. The summed E-state index contributed by atoms with van der Waals surface area (Å²) in [5.41, 5.74) is 3.63. The summed E-state index contributed by atoms with van der Waals surface area (Å²) in [6.07, 6.45) is 1.54. The van der Waals surface area contributed by atoms with Gasteiger partial charge in [-0.3, -0.25) is 0 Å². The summed E-state index contributed by atoms with van der Waals surface area (Å²) in [7, 11) is 0. The predicted octanol–water partition coefficient (Wildman–Crippen LogP) is 6.84. The first-order valence-corrected chi connectivity index (χ1v) is 9.28. The largest absolute Gasteiger partial charge is 0.363 e. The number of alkyl halides is 2. The summed E-state index contributed by atoms with van der Waals surface area (Å²) in [5.74, 6) is 0.501. The second-order valence-electron chi connectivity index (χ2n) is 5.54. The van der Waals surface area contributed by atoms with Crippen LogP contribution in [0.2, 0.25) is 10.0 Å². The van der Waals surface area contributed by atoms with Gasteiger partial charge in [0.15, 0.2) is 4.84 Å². The number of hydrogen-bond donors (Lipinski definition) is 0. The summed E-state index contributed by atoms with van der Waals surface area (Å²) >= 11 is 23.8. The van der Waals surface area contributed by atoms with Gasteiger partial charge in [0.2, 0.25) is 5.82 Å². The van der Waals surface area contributed by atoms with E-state index in [0.29, 0.717) is 27.1 Å². The number of nitrogens with zero attached hydrogens (tertiary/aromatic N) is 3. The minimum absolute atomic E-state index is 0.133. The molecule has 0 saturated heterocycles. The van der Waals surface area contributed by atoms with Crippen LogP contribution in [-0.2, 0) is 0 Å². The standard InChI is InChI=1S/C18H9Cl4N3O2/c19-11-4-5-12(14(20)7-11)13-8-26-24-15(13)9-2-1-3-10(6-9)17-23-18(16(21)22)27-25-17/h1-8,16H. The highest BCUT2D eigenvalue weighted by Crippen LogP contribution is 2.37. The van der Waals surface area contributed by atoms with Crippen LogP contribution in [0.3, 0.4) is 0 Å². The number of halogens is 4. The quantitative estimate of drug-likeness (QED) is 0.325. The van der Waals surface area contributed by atoms with E-state index in [1.165, 1.54) is 6.26 Å². The van der Waals surface area contributed by atoms with Crippen LogP contribution in [0.5, 0.6) is 0 Å². The van der Waals surface area contributed by atoms with Crippen molar-refractivity contribution in [1.82, 2.24) is 15.3 Å². The average Bonchev–Trinajstić information content (AvgIpc) is 3.32. The molecule has 0 saturated carbocycles. The average molecular weight is 441 g/mol. The van der Waals surface area contributed by atoms with Crippen LogP contribution in [0.15, 0.2) is 57.8 Å². The molecule has 0 bridgehead atoms. The first-order valence-electron chi connectivity index (χ1n) is 7.65. The Bertz CT molecular complexity index is 1110. The Morgan fingerprint density at radius 1 is 0.889 bits per heavy atom. The number of rotatable bonds is 4. The zero-order valence-corrected chi connectivity index (χ0v) is 16.4. The van der Waals surface area contributed by atoms with Crippen molar-refractivity contribution in [2.45, 2.75) is 4.84 Å². The van der Waals surface area contributed by atoms with Gasteiger partial charge in [0.1, 0.15) is 12.0 Å². The fourth-order valence-electron chi connectivity index (χ4n) is 2.59. The maximum Gasteiger partial charge on any atom is 0.260 e. The molecule has 4 aromatic rings. The highest BCUT2D eigenvalue weighted by molar-refractivity contribution is 6.43. The van der Waals surface area contributed by atoms with Gasteiger partial charge in [0.05, 0.1) is 10.6 Å². The molecular formula is C18H9Cl4N3O2. The molecule has 0 aliphatic carbocycles. The Balaban J connectivity index is 1.76. The summed E-state index contributed by atoms with van der Waals surface area (Å²) < 4.78 is 10.2. The SMILES string of the molecule is Clc1ccc(-c2conc2-c2cccc(-c3noc(C(Cl)Cl)n3)c2)c(Cl)c1. The molecule has 9 heteroatoms. The summed E-state index contributed by atoms with van der Waals surface area (Å²) in [4.78, 5) is 3.30. The molecule has 0 atom stereocenters. The third kappa shape index (κ3) is 3.69. The summed E-state index contributed by atoms with van der Waals surface area (Å²) in [6, 6.07) is 12.7. The first kappa shape index (κ1) is 18.3. The minimum Gasteiger partial charge on any atom is -0.363 e. The van der Waals surface area contributed by atoms with Crippen LogP contribution in [-0.4, -0.2) is 15.3 Å². The molecule has 0 unspecified atom stereocenters. The molecule has 0 N–H and O–H groups in total. The van der Waals surface area contributed by atoms with Crippen LogP contribution >= 0.6 is 46.4 Å². The third-order valence-electron chi connectivity index (χ3n) is 3.81. The van der Waals surface area contributed by atoms with E-state index in [-0.39, 0.29) is 5.89 Å². The molecule has 4 rings (SSSR count). The Morgan fingerprint density at radius 2 is 1.70 bits per heavy atom. The van der Waals surface area contributed by atoms with Gasteiger partial charge in [0, 0.05) is 21.7 Å². The molecule has 2 heterocycles. The second kappa shape index (κ2) is 7.52. The third-order valence-corrected chi connectivity index (χ3v) is 4.73. The van der Waals surface area contributed by atoms with E-state index in [1.807, 2.05) is 30.3 Å². The normalized spacial score (nSPS) is 11.3. The van der Waals surface area contributed by atoms with E-state index < -0.39 is 4.84 Å². The molecule has 0 aliphatic heterocycles. The number of hydrogen-bond acceptors (Lipinski definition) is 5. The Kier molecular flexibility index (Phi) is 5.10. The molecule has 0 spiro atoms. The fraction of sp³-hybridized carbons (Fsp3) is 0.0556. The van der Waals surface area contributed by atoms with E-state index in [9.17, 15) is 0 Å². The van der Waals surface area contributed by atoms with Gasteiger partial charge in [-0.25, -0.2) is 0 Å². The molecule has 5 nitrogen and oxygen atoms in total. The lowest BCUT2D eigenvalue weighted by Crippen LogP contribution is -1.87. The highest BCUT2D eigenvalue weighted by atomic mass is 35.5. The van der Waals surface area contributed by atoms with E-state index in [1.54, 1.807) is 12.1 Å². The first-order chi connectivity index (χ1) is 13.0. The van der Waals surface area contributed by atoms with E-state index >= 15 is 0 Å². The van der Waals surface area contributed by atoms with E-state index in [2.05, 4.69) is 15.3 Å². The van der Waals surface area contributed by atoms with Gasteiger partial charge < -0.3 is 9.05 Å². The van der Waals surface area contributed by atoms with Crippen molar-refractivity contribution < 1.29 is 9.05 Å². The van der Waals surface area contributed by atoms with Crippen molar-refractivity contribution in [2.75, 3.05) is 0 Å². The van der Waals surface area contributed by atoms with Crippen LogP contribution in [0.25, 0.3) is 33.8 Å². The van der Waals surface area contributed by atoms with Crippen molar-refractivity contribution in [3.05, 3.63) is 64.7 Å². The second-order valence-corrected chi connectivity index (χ2v) is 7.48. The number of benzene rings is 2. The molecule has 0 fully saturated rings. The maximum atomic E-state index is 6.33. The topological polar surface area (TPSA) is 65.0 Å². The fourth-order valence-corrected chi connectivity index (χ4v) is 3.28. The van der Waals surface area contributed by atoms with Crippen LogP contribution in [0.4, 0.5) is 0 Å². The Morgan fingerprint density at radius 3 is 2.44 bits per heavy atom. The van der Waals surface area contributed by atoms with Crippen LogP contribution in [0.1, 0.15) is 10.7 Å². The van der Waals surface area contributed by atoms with Gasteiger partial charge in [-0.2, -0.15) is 4.98 Å². The molecule has 27 heavy (non-hydrogen) atoms. The van der Waals surface area contributed by atoms with Crippen molar-refractivity contribution in [3.63, 3.8) is 0 Å². The van der Waals surface area contributed by atoms with Crippen LogP contribution < -0.4 is 0 Å². The predicted molar refractivity (Wildman–Crippen MR) is 105 cm³/mol. The lowest BCUT2D eigenvalue weighted by molar-refractivity contribution is 0.389. The van der Waals surface area contributed by atoms with Crippen molar-refractivity contribution in [1.29, 1.82) is 0 Å². The summed E-state index contributed by atoms with van der Waals surface area (Å²) in [6.45, 7) is 0. The van der Waals surface area contributed by atoms with Gasteiger partial charge in [-0.15, -0.1) is 0 Å². The summed E-state index contributed by atoms with van der Waals surface area (Å²) in [5, 5.41) is 9.07. The van der Waals surface area contributed by atoms with Crippen molar-refractivity contribution in [2.24, 2.45) is 0 Å². The van der Waals surface area contributed by atoms with E-state index in [0.717, 1.165) is 16.7 Å². The monoisotopic (exact) mass is 439 g/mol. The minimum atomic E-state index is -0.886.